The van der Waals surface area contributed by atoms with E-state index < -0.39 is 10.0 Å². The van der Waals surface area contributed by atoms with E-state index in [1.54, 1.807) is 36.4 Å². The first-order valence-electron chi connectivity index (χ1n) is 6.39. The van der Waals surface area contributed by atoms with Gasteiger partial charge in [-0.3, -0.25) is 4.72 Å². The Morgan fingerprint density at radius 3 is 2.24 bits per heavy atom. The highest BCUT2D eigenvalue weighted by molar-refractivity contribution is 9.10. The van der Waals surface area contributed by atoms with E-state index in [9.17, 15) is 8.42 Å². The molecule has 0 aliphatic heterocycles. The van der Waals surface area contributed by atoms with Crippen LogP contribution in [0.5, 0.6) is 0 Å². The van der Waals surface area contributed by atoms with Crippen LogP contribution in [0, 0.1) is 0 Å². The summed E-state index contributed by atoms with van der Waals surface area (Å²) in [5.74, 6) is 0. The smallest absolute Gasteiger partial charge is 0.263 e. The maximum absolute atomic E-state index is 12.3. The number of sulfonamides is 1. The van der Waals surface area contributed by atoms with Crippen molar-refractivity contribution in [3.8, 4) is 0 Å². The molecule has 0 amide bonds. The summed E-state index contributed by atoms with van der Waals surface area (Å²) in [6.07, 6.45) is 0. The highest BCUT2D eigenvalue weighted by Crippen LogP contribution is 2.23. The molecule has 1 N–H and O–H groups in total. The fourth-order valence-corrected chi connectivity index (χ4v) is 3.98. The van der Waals surface area contributed by atoms with Gasteiger partial charge in [0.15, 0.2) is 0 Å². The lowest BCUT2D eigenvalue weighted by Gasteiger charge is -2.12. The molecule has 0 aliphatic rings. The van der Waals surface area contributed by atoms with E-state index in [1.807, 2.05) is 26.2 Å². The standard InChI is InChI=1S/C15H17BrN2O2S/c1-18(2)11-12-7-9-13(10-8-12)17-21(19,20)15-6-4-3-5-14(15)16/h3-10,17H,11H2,1-2H3. The van der Waals surface area contributed by atoms with E-state index >= 15 is 0 Å². The Morgan fingerprint density at radius 1 is 1.05 bits per heavy atom. The molecule has 0 saturated carbocycles. The Morgan fingerprint density at radius 2 is 1.67 bits per heavy atom. The lowest BCUT2D eigenvalue weighted by molar-refractivity contribution is 0.402. The highest BCUT2D eigenvalue weighted by Gasteiger charge is 2.16. The average molecular weight is 369 g/mol. The van der Waals surface area contributed by atoms with Gasteiger partial charge in [0.25, 0.3) is 10.0 Å². The van der Waals surface area contributed by atoms with E-state index in [-0.39, 0.29) is 4.90 Å². The van der Waals surface area contributed by atoms with Crippen LogP contribution in [0.15, 0.2) is 57.9 Å². The first kappa shape index (κ1) is 16.0. The van der Waals surface area contributed by atoms with Crippen molar-refractivity contribution in [1.82, 2.24) is 4.90 Å². The molecule has 0 unspecified atom stereocenters. The molecule has 0 aliphatic carbocycles. The fourth-order valence-electron chi connectivity index (χ4n) is 1.92. The summed E-state index contributed by atoms with van der Waals surface area (Å²) in [6.45, 7) is 0.817. The van der Waals surface area contributed by atoms with Crippen molar-refractivity contribution in [3.05, 3.63) is 58.6 Å². The number of benzene rings is 2. The second-order valence-corrected chi connectivity index (χ2v) is 7.48. The van der Waals surface area contributed by atoms with Gasteiger partial charge in [-0.25, -0.2) is 8.42 Å². The zero-order valence-corrected chi connectivity index (χ0v) is 14.3. The fraction of sp³-hybridized carbons (Fsp3) is 0.200. The van der Waals surface area contributed by atoms with E-state index in [4.69, 9.17) is 0 Å². The van der Waals surface area contributed by atoms with Crippen LogP contribution in [0.1, 0.15) is 5.56 Å². The Labute approximate surface area is 134 Å². The maximum atomic E-state index is 12.3. The first-order chi connectivity index (χ1) is 9.88. The van der Waals surface area contributed by atoms with E-state index in [2.05, 4.69) is 25.6 Å². The van der Waals surface area contributed by atoms with Gasteiger partial charge in [0.1, 0.15) is 4.90 Å². The molecule has 6 heteroatoms. The normalized spacial score (nSPS) is 11.6. The molecule has 0 aromatic heterocycles. The molecular formula is C15H17BrN2O2S. The summed E-state index contributed by atoms with van der Waals surface area (Å²) >= 11 is 3.26. The molecule has 0 saturated heterocycles. The lowest BCUT2D eigenvalue weighted by Crippen LogP contribution is -2.14. The van der Waals surface area contributed by atoms with Crippen LogP contribution in [0.25, 0.3) is 0 Å². The minimum atomic E-state index is -3.59. The molecule has 4 nitrogen and oxygen atoms in total. The van der Waals surface area contributed by atoms with Gasteiger partial charge < -0.3 is 4.90 Å². The van der Waals surface area contributed by atoms with Gasteiger partial charge in [-0.15, -0.1) is 0 Å². The van der Waals surface area contributed by atoms with Gasteiger partial charge in [0, 0.05) is 16.7 Å². The molecule has 2 aromatic carbocycles. The quantitative estimate of drug-likeness (QED) is 0.880. The Hall–Kier alpha value is -1.37. The highest BCUT2D eigenvalue weighted by atomic mass is 79.9. The molecule has 0 radical (unpaired) electrons. The number of nitrogens with zero attached hydrogens (tertiary/aromatic N) is 1. The van der Waals surface area contributed by atoms with Crippen LogP contribution in [0.3, 0.4) is 0 Å². The summed E-state index contributed by atoms with van der Waals surface area (Å²) in [5.41, 5.74) is 1.68. The third-order valence-electron chi connectivity index (χ3n) is 2.83. The number of halogens is 1. The van der Waals surface area contributed by atoms with Gasteiger partial charge >= 0.3 is 0 Å². The van der Waals surface area contributed by atoms with Crippen molar-refractivity contribution < 1.29 is 8.42 Å². The molecule has 2 rings (SSSR count). The van der Waals surface area contributed by atoms with Crippen LogP contribution in [-0.2, 0) is 16.6 Å². The van der Waals surface area contributed by atoms with E-state index in [0.29, 0.717) is 10.2 Å². The molecule has 0 atom stereocenters. The molecule has 0 spiro atoms. The number of hydrogen-bond donors (Lipinski definition) is 1. The average Bonchev–Trinajstić information content (AvgIpc) is 2.40. The van der Waals surface area contributed by atoms with Crippen LogP contribution in [0.2, 0.25) is 0 Å². The Balaban J connectivity index is 2.19. The van der Waals surface area contributed by atoms with Crippen LogP contribution in [0.4, 0.5) is 5.69 Å². The Bertz CT molecular complexity index is 713. The maximum Gasteiger partial charge on any atom is 0.263 e. The molecule has 2 aromatic rings. The van der Waals surface area contributed by atoms with E-state index in [0.717, 1.165) is 12.1 Å². The predicted molar refractivity (Wildman–Crippen MR) is 88.8 cm³/mol. The van der Waals surface area contributed by atoms with Crippen LogP contribution >= 0.6 is 15.9 Å². The SMILES string of the molecule is CN(C)Cc1ccc(NS(=O)(=O)c2ccccc2Br)cc1. The minimum absolute atomic E-state index is 0.224. The van der Waals surface area contributed by atoms with Crippen molar-refractivity contribution in [2.45, 2.75) is 11.4 Å². The predicted octanol–water partition coefficient (Wildman–Crippen LogP) is 3.31. The van der Waals surface area contributed by atoms with Gasteiger partial charge in [-0.05, 0) is 59.9 Å². The molecule has 112 valence electrons. The number of nitrogens with one attached hydrogen (secondary N) is 1. The minimum Gasteiger partial charge on any atom is -0.305 e. The molecule has 0 fully saturated rings. The molecule has 0 bridgehead atoms. The van der Waals surface area contributed by atoms with Crippen LogP contribution < -0.4 is 4.72 Å². The second-order valence-electron chi connectivity index (χ2n) is 4.97. The Kier molecular flexibility index (Phi) is 5.03. The summed E-state index contributed by atoms with van der Waals surface area (Å²) < 4.78 is 27.8. The third-order valence-corrected chi connectivity index (χ3v) is 5.22. The first-order valence-corrected chi connectivity index (χ1v) is 8.67. The molecule has 21 heavy (non-hydrogen) atoms. The number of anilines is 1. The largest absolute Gasteiger partial charge is 0.305 e. The zero-order valence-electron chi connectivity index (χ0n) is 11.9. The monoisotopic (exact) mass is 368 g/mol. The summed E-state index contributed by atoms with van der Waals surface area (Å²) in [7, 11) is 0.392. The van der Waals surface area contributed by atoms with Gasteiger partial charge in [0.05, 0.1) is 0 Å². The zero-order chi connectivity index (χ0) is 15.5. The summed E-state index contributed by atoms with van der Waals surface area (Å²) in [6, 6.07) is 14.1. The van der Waals surface area contributed by atoms with Gasteiger partial charge in [0.2, 0.25) is 0 Å². The van der Waals surface area contributed by atoms with Crippen molar-refractivity contribution in [2.75, 3.05) is 18.8 Å². The van der Waals surface area contributed by atoms with Crippen molar-refractivity contribution >= 4 is 31.6 Å². The number of rotatable bonds is 5. The third kappa shape index (κ3) is 4.30. The summed E-state index contributed by atoms with van der Waals surface area (Å²) in [4.78, 5) is 2.28. The van der Waals surface area contributed by atoms with Crippen molar-refractivity contribution in [2.24, 2.45) is 0 Å². The van der Waals surface area contributed by atoms with E-state index in [1.165, 1.54) is 0 Å². The number of hydrogen-bond acceptors (Lipinski definition) is 3. The lowest BCUT2D eigenvalue weighted by atomic mass is 10.2. The topological polar surface area (TPSA) is 49.4 Å². The van der Waals surface area contributed by atoms with Crippen molar-refractivity contribution in [1.29, 1.82) is 0 Å². The van der Waals surface area contributed by atoms with Crippen molar-refractivity contribution in [3.63, 3.8) is 0 Å². The molecule has 0 heterocycles. The van der Waals surface area contributed by atoms with Gasteiger partial charge in [-0.2, -0.15) is 0 Å². The molecular weight excluding hydrogens is 352 g/mol. The van der Waals surface area contributed by atoms with Gasteiger partial charge in [-0.1, -0.05) is 24.3 Å². The van der Waals surface area contributed by atoms with Crippen LogP contribution in [-0.4, -0.2) is 27.4 Å². The summed E-state index contributed by atoms with van der Waals surface area (Å²) in [5, 5.41) is 0. The second kappa shape index (κ2) is 6.60.